The SMILES string of the molecule is CCSc1nc2ccc(NC(=O)CCC(=O)O)cc2s1. The van der Waals surface area contributed by atoms with Crippen molar-refractivity contribution >= 4 is 50.9 Å². The largest absolute Gasteiger partial charge is 0.481 e. The molecule has 0 aliphatic heterocycles. The average molecular weight is 310 g/mol. The molecule has 0 saturated heterocycles. The van der Waals surface area contributed by atoms with Crippen LogP contribution in [-0.2, 0) is 9.59 Å². The van der Waals surface area contributed by atoms with E-state index in [-0.39, 0.29) is 18.7 Å². The van der Waals surface area contributed by atoms with Crippen molar-refractivity contribution in [2.75, 3.05) is 11.1 Å². The number of amides is 1. The first-order chi connectivity index (χ1) is 9.58. The predicted octanol–water partition coefficient (Wildman–Crippen LogP) is 3.21. The molecule has 0 bridgehead atoms. The minimum absolute atomic E-state index is 0.0208. The number of carboxylic acid groups (broad SMARTS) is 1. The van der Waals surface area contributed by atoms with Crippen LogP contribution in [0.3, 0.4) is 0 Å². The summed E-state index contributed by atoms with van der Waals surface area (Å²) in [6.45, 7) is 2.07. The van der Waals surface area contributed by atoms with Gasteiger partial charge in [0, 0.05) is 12.1 Å². The van der Waals surface area contributed by atoms with Crippen LogP contribution in [0.15, 0.2) is 22.5 Å². The summed E-state index contributed by atoms with van der Waals surface area (Å²) in [5.41, 5.74) is 1.58. The lowest BCUT2D eigenvalue weighted by atomic mass is 10.2. The summed E-state index contributed by atoms with van der Waals surface area (Å²) >= 11 is 3.27. The second-order valence-electron chi connectivity index (χ2n) is 4.04. The molecule has 2 N–H and O–H groups in total. The van der Waals surface area contributed by atoms with E-state index < -0.39 is 5.97 Å². The Bertz CT molecular complexity index is 640. The molecule has 0 aliphatic carbocycles. The summed E-state index contributed by atoms with van der Waals surface area (Å²) in [5.74, 6) is -0.294. The van der Waals surface area contributed by atoms with Crippen LogP contribution in [0.1, 0.15) is 19.8 Å². The fraction of sp³-hybridized carbons (Fsp3) is 0.308. The number of nitrogens with zero attached hydrogens (tertiary/aromatic N) is 1. The van der Waals surface area contributed by atoms with E-state index in [4.69, 9.17) is 5.11 Å². The highest BCUT2D eigenvalue weighted by atomic mass is 32.2. The molecule has 1 aromatic heterocycles. The van der Waals surface area contributed by atoms with Gasteiger partial charge in [0.25, 0.3) is 0 Å². The smallest absolute Gasteiger partial charge is 0.303 e. The number of nitrogens with one attached hydrogen (secondary N) is 1. The van der Waals surface area contributed by atoms with E-state index in [9.17, 15) is 9.59 Å². The first kappa shape index (κ1) is 14.8. The zero-order valence-electron chi connectivity index (χ0n) is 10.9. The number of aliphatic carboxylic acids is 1. The number of thiazole rings is 1. The second kappa shape index (κ2) is 6.71. The average Bonchev–Trinajstić information content (AvgIpc) is 2.78. The zero-order chi connectivity index (χ0) is 14.5. The highest BCUT2D eigenvalue weighted by Crippen LogP contribution is 2.31. The van der Waals surface area contributed by atoms with E-state index in [1.807, 2.05) is 12.1 Å². The third-order valence-corrected chi connectivity index (χ3v) is 4.53. The molecular weight excluding hydrogens is 296 g/mol. The van der Waals surface area contributed by atoms with Crippen molar-refractivity contribution in [3.8, 4) is 0 Å². The van der Waals surface area contributed by atoms with Crippen molar-refractivity contribution in [3.63, 3.8) is 0 Å². The molecule has 0 atom stereocenters. The van der Waals surface area contributed by atoms with E-state index in [0.29, 0.717) is 5.69 Å². The fourth-order valence-corrected chi connectivity index (χ4v) is 3.62. The van der Waals surface area contributed by atoms with Crippen LogP contribution in [0.2, 0.25) is 0 Å². The minimum atomic E-state index is -0.973. The molecule has 0 saturated carbocycles. The van der Waals surface area contributed by atoms with Gasteiger partial charge >= 0.3 is 5.97 Å². The molecule has 0 spiro atoms. The Balaban J connectivity index is 2.07. The van der Waals surface area contributed by atoms with Gasteiger partial charge < -0.3 is 10.4 Å². The van der Waals surface area contributed by atoms with Crippen molar-refractivity contribution in [2.24, 2.45) is 0 Å². The molecule has 2 rings (SSSR count). The number of rotatable bonds is 6. The van der Waals surface area contributed by atoms with Gasteiger partial charge in [0.2, 0.25) is 5.91 Å². The number of carbonyl (C=O) groups excluding carboxylic acids is 1. The Labute approximate surface area is 124 Å². The van der Waals surface area contributed by atoms with Gasteiger partial charge in [0.05, 0.1) is 16.6 Å². The lowest BCUT2D eigenvalue weighted by Crippen LogP contribution is -2.12. The maximum Gasteiger partial charge on any atom is 0.303 e. The number of fused-ring (bicyclic) bond motifs is 1. The number of benzene rings is 1. The lowest BCUT2D eigenvalue weighted by molar-refractivity contribution is -0.138. The van der Waals surface area contributed by atoms with Crippen LogP contribution >= 0.6 is 23.1 Å². The monoisotopic (exact) mass is 310 g/mol. The molecule has 7 heteroatoms. The predicted molar refractivity (Wildman–Crippen MR) is 81.5 cm³/mol. The van der Waals surface area contributed by atoms with Crippen LogP contribution in [0, 0.1) is 0 Å². The molecule has 1 aromatic carbocycles. The molecule has 0 aliphatic rings. The van der Waals surface area contributed by atoms with E-state index in [0.717, 1.165) is 20.3 Å². The number of anilines is 1. The van der Waals surface area contributed by atoms with Crippen LogP contribution < -0.4 is 5.32 Å². The lowest BCUT2D eigenvalue weighted by Gasteiger charge is -2.03. The van der Waals surface area contributed by atoms with Gasteiger partial charge in [-0.1, -0.05) is 18.7 Å². The number of hydrogen-bond acceptors (Lipinski definition) is 5. The van der Waals surface area contributed by atoms with Gasteiger partial charge in [-0.05, 0) is 24.0 Å². The van der Waals surface area contributed by atoms with Crippen molar-refractivity contribution in [2.45, 2.75) is 24.1 Å². The van der Waals surface area contributed by atoms with E-state index >= 15 is 0 Å². The molecule has 2 aromatic rings. The van der Waals surface area contributed by atoms with E-state index in [1.54, 1.807) is 29.2 Å². The Hall–Kier alpha value is -1.60. The Kier molecular flexibility index (Phi) is 4.97. The molecular formula is C13H14N2O3S2. The van der Waals surface area contributed by atoms with Crippen LogP contribution in [0.25, 0.3) is 10.2 Å². The highest BCUT2D eigenvalue weighted by molar-refractivity contribution is 8.01. The summed E-state index contributed by atoms with van der Waals surface area (Å²) in [4.78, 5) is 26.4. The van der Waals surface area contributed by atoms with Gasteiger partial charge in [0.15, 0.2) is 4.34 Å². The number of hydrogen-bond donors (Lipinski definition) is 2. The van der Waals surface area contributed by atoms with Gasteiger partial charge in [-0.2, -0.15) is 0 Å². The molecule has 106 valence electrons. The molecule has 1 amide bonds. The summed E-state index contributed by atoms with van der Waals surface area (Å²) in [7, 11) is 0. The van der Waals surface area contributed by atoms with Gasteiger partial charge in [-0.3, -0.25) is 9.59 Å². The molecule has 0 unspecified atom stereocenters. The van der Waals surface area contributed by atoms with E-state index in [2.05, 4.69) is 17.2 Å². The first-order valence-electron chi connectivity index (χ1n) is 6.13. The third kappa shape index (κ3) is 3.94. The van der Waals surface area contributed by atoms with Crippen molar-refractivity contribution < 1.29 is 14.7 Å². The molecule has 20 heavy (non-hydrogen) atoms. The molecule has 0 fully saturated rings. The number of thioether (sulfide) groups is 1. The number of aromatic nitrogens is 1. The fourth-order valence-electron chi connectivity index (χ4n) is 1.61. The Morgan fingerprint density at radius 2 is 2.20 bits per heavy atom. The van der Waals surface area contributed by atoms with Crippen molar-refractivity contribution in [3.05, 3.63) is 18.2 Å². The summed E-state index contributed by atoms with van der Waals surface area (Å²) in [6, 6.07) is 5.50. The Morgan fingerprint density at radius 1 is 1.40 bits per heavy atom. The minimum Gasteiger partial charge on any atom is -0.481 e. The number of carbonyl (C=O) groups is 2. The summed E-state index contributed by atoms with van der Waals surface area (Å²) in [6.07, 6.45) is -0.182. The zero-order valence-corrected chi connectivity index (χ0v) is 12.5. The Morgan fingerprint density at radius 3 is 2.90 bits per heavy atom. The third-order valence-electron chi connectivity index (χ3n) is 2.49. The molecule has 5 nitrogen and oxygen atoms in total. The standard InChI is InChI=1S/C13H14N2O3S2/c1-2-19-13-15-9-4-3-8(7-10(9)20-13)14-11(16)5-6-12(17)18/h3-4,7H,2,5-6H2,1H3,(H,14,16)(H,17,18). The quantitative estimate of drug-likeness (QED) is 0.801. The van der Waals surface area contributed by atoms with Gasteiger partial charge in [-0.15, -0.1) is 11.3 Å². The van der Waals surface area contributed by atoms with Crippen LogP contribution in [-0.4, -0.2) is 27.7 Å². The van der Waals surface area contributed by atoms with Gasteiger partial charge in [0.1, 0.15) is 0 Å². The molecule has 0 radical (unpaired) electrons. The highest BCUT2D eigenvalue weighted by Gasteiger charge is 2.08. The topological polar surface area (TPSA) is 79.3 Å². The van der Waals surface area contributed by atoms with Crippen molar-refractivity contribution in [1.82, 2.24) is 4.98 Å². The van der Waals surface area contributed by atoms with Crippen molar-refractivity contribution in [1.29, 1.82) is 0 Å². The number of carboxylic acids is 1. The maximum absolute atomic E-state index is 11.6. The maximum atomic E-state index is 11.6. The first-order valence-corrected chi connectivity index (χ1v) is 7.93. The normalized spacial score (nSPS) is 10.7. The van der Waals surface area contributed by atoms with E-state index in [1.165, 1.54) is 0 Å². The van der Waals surface area contributed by atoms with Crippen LogP contribution in [0.5, 0.6) is 0 Å². The van der Waals surface area contributed by atoms with Gasteiger partial charge in [-0.25, -0.2) is 4.98 Å². The summed E-state index contributed by atoms with van der Waals surface area (Å²) in [5, 5.41) is 11.2. The second-order valence-corrected chi connectivity index (χ2v) is 6.58. The van der Waals surface area contributed by atoms with Crippen LogP contribution in [0.4, 0.5) is 5.69 Å². The molecule has 1 heterocycles. The summed E-state index contributed by atoms with van der Waals surface area (Å²) < 4.78 is 2.02.